The molecule has 1 saturated carbocycles. The SMILES string of the molecule is CCC(CC)n1cc(-c2nc(C(C=NC3CC(O)C3)=CN)cn3nccc23)cn1. The van der Waals surface area contributed by atoms with Crippen LogP contribution in [0.4, 0.5) is 0 Å². The maximum Gasteiger partial charge on any atom is 0.0999 e. The Morgan fingerprint density at radius 1 is 1.31 bits per heavy atom. The summed E-state index contributed by atoms with van der Waals surface area (Å²) in [5.74, 6) is 0. The van der Waals surface area contributed by atoms with E-state index in [1.54, 1.807) is 16.9 Å². The van der Waals surface area contributed by atoms with Gasteiger partial charge in [0, 0.05) is 29.7 Å². The van der Waals surface area contributed by atoms with Crippen molar-refractivity contribution in [1.29, 1.82) is 0 Å². The smallest absolute Gasteiger partial charge is 0.0999 e. The third-order valence-corrected chi connectivity index (χ3v) is 5.57. The van der Waals surface area contributed by atoms with Crippen molar-refractivity contribution in [1.82, 2.24) is 24.4 Å². The Bertz CT molecular complexity index is 1040. The van der Waals surface area contributed by atoms with E-state index in [0.29, 0.717) is 24.6 Å². The van der Waals surface area contributed by atoms with Crippen LogP contribution in [-0.2, 0) is 0 Å². The molecule has 8 nitrogen and oxygen atoms in total. The van der Waals surface area contributed by atoms with E-state index in [4.69, 9.17) is 10.7 Å². The van der Waals surface area contributed by atoms with Crippen LogP contribution < -0.4 is 5.73 Å². The van der Waals surface area contributed by atoms with E-state index in [1.165, 1.54) is 6.20 Å². The van der Waals surface area contributed by atoms with E-state index in [1.807, 2.05) is 29.3 Å². The first-order valence-corrected chi connectivity index (χ1v) is 10.1. The normalized spacial score (nSPS) is 20.1. The van der Waals surface area contributed by atoms with Crippen molar-refractivity contribution in [2.45, 2.75) is 57.7 Å². The van der Waals surface area contributed by atoms with Gasteiger partial charge in [0.15, 0.2) is 0 Å². The molecular formula is C21H27N7O. The summed E-state index contributed by atoms with van der Waals surface area (Å²) in [5.41, 5.74) is 9.95. The minimum Gasteiger partial charge on any atom is -0.404 e. The number of nitrogens with two attached hydrogens (primary N) is 1. The van der Waals surface area contributed by atoms with Gasteiger partial charge >= 0.3 is 0 Å². The number of nitrogens with zero attached hydrogens (tertiary/aromatic N) is 6. The quantitative estimate of drug-likeness (QED) is 0.600. The van der Waals surface area contributed by atoms with Crippen LogP contribution in [-0.4, -0.2) is 47.8 Å². The summed E-state index contributed by atoms with van der Waals surface area (Å²) < 4.78 is 3.82. The average molecular weight is 393 g/mol. The maximum absolute atomic E-state index is 9.45. The van der Waals surface area contributed by atoms with Crippen molar-refractivity contribution in [3.8, 4) is 11.3 Å². The number of aromatic nitrogens is 5. The molecule has 152 valence electrons. The number of aliphatic hydroxyl groups is 1. The van der Waals surface area contributed by atoms with Crippen LogP contribution in [0.5, 0.6) is 0 Å². The Balaban J connectivity index is 1.71. The lowest BCUT2D eigenvalue weighted by molar-refractivity contribution is 0.0780. The van der Waals surface area contributed by atoms with Gasteiger partial charge in [0.1, 0.15) is 0 Å². The molecule has 8 heteroatoms. The number of aliphatic hydroxyl groups excluding tert-OH is 1. The second-order valence-corrected chi connectivity index (χ2v) is 7.49. The highest BCUT2D eigenvalue weighted by Crippen LogP contribution is 2.27. The van der Waals surface area contributed by atoms with Crippen LogP contribution in [0.3, 0.4) is 0 Å². The summed E-state index contributed by atoms with van der Waals surface area (Å²) in [6.07, 6.45) is 14.0. The zero-order chi connectivity index (χ0) is 20.4. The van der Waals surface area contributed by atoms with Crippen LogP contribution in [0.15, 0.2) is 42.0 Å². The molecular weight excluding hydrogens is 366 g/mol. The second kappa shape index (κ2) is 8.16. The molecule has 4 rings (SSSR count). The van der Waals surface area contributed by atoms with Crippen molar-refractivity contribution < 1.29 is 5.11 Å². The molecule has 0 spiro atoms. The van der Waals surface area contributed by atoms with Crippen LogP contribution in [0.1, 0.15) is 51.3 Å². The highest BCUT2D eigenvalue weighted by atomic mass is 16.3. The van der Waals surface area contributed by atoms with Crippen LogP contribution in [0.25, 0.3) is 22.3 Å². The van der Waals surface area contributed by atoms with Crippen LogP contribution in [0.2, 0.25) is 0 Å². The molecule has 0 aromatic carbocycles. The predicted octanol–water partition coefficient (Wildman–Crippen LogP) is 2.85. The van der Waals surface area contributed by atoms with Crippen molar-refractivity contribution in [3.05, 3.63) is 42.7 Å². The fraction of sp³-hybridized carbons (Fsp3) is 0.429. The lowest BCUT2D eigenvalue weighted by atomic mass is 9.90. The minimum absolute atomic E-state index is 0.145. The lowest BCUT2D eigenvalue weighted by Gasteiger charge is -2.27. The summed E-state index contributed by atoms with van der Waals surface area (Å²) in [6, 6.07) is 2.46. The molecule has 1 aliphatic carbocycles. The van der Waals surface area contributed by atoms with Gasteiger partial charge in [-0.25, -0.2) is 9.50 Å². The van der Waals surface area contributed by atoms with Gasteiger partial charge in [-0.1, -0.05) is 13.8 Å². The Labute approximate surface area is 169 Å². The monoisotopic (exact) mass is 393 g/mol. The number of fused-ring (bicyclic) bond motifs is 1. The fourth-order valence-electron chi connectivity index (χ4n) is 3.66. The number of rotatable bonds is 7. The van der Waals surface area contributed by atoms with Gasteiger partial charge in [0.25, 0.3) is 0 Å². The van der Waals surface area contributed by atoms with Crippen molar-refractivity contribution >= 4 is 17.3 Å². The largest absolute Gasteiger partial charge is 0.404 e. The molecule has 0 amide bonds. The predicted molar refractivity (Wildman–Crippen MR) is 114 cm³/mol. The summed E-state index contributed by atoms with van der Waals surface area (Å²) >= 11 is 0. The van der Waals surface area contributed by atoms with Crippen LogP contribution in [0, 0.1) is 0 Å². The molecule has 0 aliphatic heterocycles. The van der Waals surface area contributed by atoms with E-state index in [-0.39, 0.29) is 12.1 Å². The second-order valence-electron chi connectivity index (χ2n) is 7.49. The zero-order valence-corrected chi connectivity index (χ0v) is 16.8. The van der Waals surface area contributed by atoms with E-state index >= 15 is 0 Å². The third kappa shape index (κ3) is 3.80. The molecule has 0 bridgehead atoms. The molecule has 1 fully saturated rings. The van der Waals surface area contributed by atoms with E-state index in [2.05, 4.69) is 29.0 Å². The van der Waals surface area contributed by atoms with Gasteiger partial charge in [-0.3, -0.25) is 9.67 Å². The standard InChI is InChI=1S/C21H27N7O/c1-3-17(4-2)27-12-15(11-25-27)21-20-5-6-24-28(20)13-19(26-21)14(9-22)10-23-16-7-18(29)8-16/h5-6,9-13,16-18,29H,3-4,7-8,22H2,1-2H3. The first-order chi connectivity index (χ1) is 14.1. The van der Waals surface area contributed by atoms with Gasteiger partial charge in [0.2, 0.25) is 0 Å². The summed E-state index contributed by atoms with van der Waals surface area (Å²) in [7, 11) is 0. The lowest BCUT2D eigenvalue weighted by Crippen LogP contribution is -2.31. The topological polar surface area (TPSA) is 107 Å². The molecule has 3 aromatic heterocycles. The minimum atomic E-state index is -0.237. The number of aliphatic imine (C=N–C) groups is 1. The van der Waals surface area contributed by atoms with E-state index < -0.39 is 0 Å². The molecule has 0 unspecified atom stereocenters. The van der Waals surface area contributed by atoms with Crippen molar-refractivity contribution in [2.75, 3.05) is 0 Å². The molecule has 1 aliphatic rings. The highest BCUT2D eigenvalue weighted by Gasteiger charge is 2.26. The average Bonchev–Trinajstić information content (AvgIpc) is 3.37. The van der Waals surface area contributed by atoms with Crippen molar-refractivity contribution in [3.63, 3.8) is 0 Å². The number of allylic oxidation sites excluding steroid dienone is 1. The first kappa shape index (κ1) is 19.3. The molecule has 29 heavy (non-hydrogen) atoms. The fourth-order valence-corrected chi connectivity index (χ4v) is 3.66. The number of hydrogen-bond donors (Lipinski definition) is 2. The molecule has 0 saturated heterocycles. The molecule has 0 atom stereocenters. The Morgan fingerprint density at radius 3 is 2.79 bits per heavy atom. The highest BCUT2D eigenvalue weighted by molar-refractivity contribution is 6.09. The Morgan fingerprint density at radius 2 is 2.10 bits per heavy atom. The maximum atomic E-state index is 9.45. The zero-order valence-electron chi connectivity index (χ0n) is 16.8. The van der Waals surface area contributed by atoms with Crippen molar-refractivity contribution in [2.24, 2.45) is 10.7 Å². The summed E-state index contributed by atoms with van der Waals surface area (Å²) in [4.78, 5) is 9.40. The number of hydrogen-bond acceptors (Lipinski definition) is 6. The summed E-state index contributed by atoms with van der Waals surface area (Å²) in [6.45, 7) is 4.34. The van der Waals surface area contributed by atoms with Gasteiger partial charge in [0.05, 0.1) is 53.7 Å². The van der Waals surface area contributed by atoms with Gasteiger partial charge in [-0.15, -0.1) is 0 Å². The third-order valence-electron chi connectivity index (χ3n) is 5.57. The Kier molecular flexibility index (Phi) is 5.44. The van der Waals surface area contributed by atoms with Crippen LogP contribution >= 0.6 is 0 Å². The van der Waals surface area contributed by atoms with E-state index in [0.717, 1.165) is 35.2 Å². The first-order valence-electron chi connectivity index (χ1n) is 10.1. The Hall–Kier alpha value is -3.00. The molecule has 3 aromatic rings. The van der Waals surface area contributed by atoms with Gasteiger partial charge in [-0.2, -0.15) is 10.2 Å². The summed E-state index contributed by atoms with van der Waals surface area (Å²) in [5, 5.41) is 18.4. The molecule has 3 N–H and O–H groups in total. The molecule has 3 heterocycles. The molecule has 0 radical (unpaired) electrons. The van der Waals surface area contributed by atoms with Gasteiger partial charge < -0.3 is 10.8 Å². The van der Waals surface area contributed by atoms with Gasteiger partial charge in [-0.05, 0) is 31.7 Å². The van der Waals surface area contributed by atoms with E-state index in [9.17, 15) is 5.11 Å².